The first-order valence-corrected chi connectivity index (χ1v) is 8.15. The van der Waals surface area contributed by atoms with Crippen molar-refractivity contribution in [3.05, 3.63) is 30.2 Å². The van der Waals surface area contributed by atoms with Crippen molar-refractivity contribution >= 4 is 6.03 Å². The van der Waals surface area contributed by atoms with E-state index in [0.717, 1.165) is 25.9 Å². The average molecular weight is 329 g/mol. The Kier molecular flexibility index (Phi) is 5.05. The number of hydrogen-bond donors (Lipinski definition) is 2. The van der Waals surface area contributed by atoms with Crippen LogP contribution in [0.1, 0.15) is 18.7 Å². The molecule has 1 fully saturated rings. The van der Waals surface area contributed by atoms with E-state index in [2.05, 4.69) is 37.4 Å². The molecule has 1 unspecified atom stereocenters. The fourth-order valence-corrected chi connectivity index (χ4v) is 2.89. The molecule has 0 radical (unpaired) electrons. The summed E-state index contributed by atoms with van der Waals surface area (Å²) in [5.41, 5.74) is 0.702. The molecule has 0 aromatic carbocycles. The third-order valence-corrected chi connectivity index (χ3v) is 4.30. The van der Waals surface area contributed by atoms with Gasteiger partial charge in [-0.05, 0) is 38.6 Å². The number of rotatable bonds is 4. The second-order valence-electron chi connectivity index (χ2n) is 6.15. The minimum absolute atomic E-state index is 0.0916. The standard InChI is InChI=1S/C16H23N7O/c1-22-9-5-6-12(11-22)23(2)16(24)18-10-14-19-15(21-20-14)13-7-3-4-8-17-13/h3-4,7-8,12H,5-6,9-11H2,1-2H3,(H,18,24)(H,19,20,21). The zero-order valence-electron chi connectivity index (χ0n) is 14.1. The molecule has 24 heavy (non-hydrogen) atoms. The lowest BCUT2D eigenvalue weighted by Crippen LogP contribution is -2.50. The summed E-state index contributed by atoms with van der Waals surface area (Å²) in [6.45, 7) is 2.32. The van der Waals surface area contributed by atoms with E-state index >= 15 is 0 Å². The summed E-state index contributed by atoms with van der Waals surface area (Å²) in [5.74, 6) is 1.14. The fourth-order valence-electron chi connectivity index (χ4n) is 2.89. The van der Waals surface area contributed by atoms with Crippen LogP contribution in [0.2, 0.25) is 0 Å². The number of nitrogens with zero attached hydrogens (tertiary/aromatic N) is 5. The van der Waals surface area contributed by atoms with Gasteiger partial charge in [-0.15, -0.1) is 0 Å². The molecule has 0 saturated carbocycles. The normalized spacial score (nSPS) is 18.3. The first-order valence-electron chi connectivity index (χ1n) is 8.15. The molecule has 0 bridgehead atoms. The minimum Gasteiger partial charge on any atom is -0.331 e. The molecule has 2 amide bonds. The van der Waals surface area contributed by atoms with Crippen LogP contribution in [0.5, 0.6) is 0 Å². The van der Waals surface area contributed by atoms with Crippen LogP contribution in [0.15, 0.2) is 24.4 Å². The van der Waals surface area contributed by atoms with Gasteiger partial charge in [0.25, 0.3) is 0 Å². The number of aromatic nitrogens is 4. The van der Waals surface area contributed by atoms with Gasteiger partial charge in [-0.1, -0.05) is 6.07 Å². The minimum atomic E-state index is -0.0916. The summed E-state index contributed by atoms with van der Waals surface area (Å²) < 4.78 is 0. The van der Waals surface area contributed by atoms with Gasteiger partial charge in [0.1, 0.15) is 11.5 Å². The quantitative estimate of drug-likeness (QED) is 0.877. The van der Waals surface area contributed by atoms with Gasteiger partial charge in [0.05, 0.1) is 6.54 Å². The molecule has 1 atom stereocenters. The first-order chi connectivity index (χ1) is 11.6. The van der Waals surface area contributed by atoms with Gasteiger partial charge < -0.3 is 15.1 Å². The predicted octanol–water partition coefficient (Wildman–Crippen LogP) is 1.10. The molecule has 8 heteroatoms. The maximum absolute atomic E-state index is 12.3. The number of likely N-dealkylation sites (tertiary alicyclic amines) is 1. The van der Waals surface area contributed by atoms with Gasteiger partial charge in [0.15, 0.2) is 5.82 Å². The van der Waals surface area contributed by atoms with Crippen molar-refractivity contribution in [2.45, 2.75) is 25.4 Å². The Morgan fingerprint density at radius 2 is 2.38 bits per heavy atom. The van der Waals surface area contributed by atoms with Crippen LogP contribution in [0, 0.1) is 0 Å². The number of pyridine rings is 1. The van der Waals surface area contributed by atoms with Crippen molar-refractivity contribution in [3.63, 3.8) is 0 Å². The number of carbonyl (C=O) groups excluding carboxylic acids is 1. The topological polar surface area (TPSA) is 90.0 Å². The van der Waals surface area contributed by atoms with Gasteiger partial charge in [-0.25, -0.2) is 9.78 Å². The monoisotopic (exact) mass is 329 g/mol. The maximum Gasteiger partial charge on any atom is 0.317 e. The number of hydrogen-bond acceptors (Lipinski definition) is 5. The second kappa shape index (κ2) is 7.39. The van der Waals surface area contributed by atoms with E-state index < -0.39 is 0 Å². The van der Waals surface area contributed by atoms with Crippen LogP contribution < -0.4 is 5.32 Å². The molecule has 1 aliphatic rings. The summed E-state index contributed by atoms with van der Waals surface area (Å²) in [7, 11) is 3.93. The van der Waals surface area contributed by atoms with Crippen LogP contribution in [-0.4, -0.2) is 69.2 Å². The van der Waals surface area contributed by atoms with Gasteiger partial charge in [-0.3, -0.25) is 10.1 Å². The highest BCUT2D eigenvalue weighted by molar-refractivity contribution is 5.74. The third-order valence-electron chi connectivity index (χ3n) is 4.30. The van der Waals surface area contributed by atoms with Gasteiger partial charge in [0, 0.05) is 25.8 Å². The Bertz CT molecular complexity index is 672. The molecule has 8 nitrogen and oxygen atoms in total. The van der Waals surface area contributed by atoms with Crippen molar-refractivity contribution < 1.29 is 4.79 Å². The Labute approximate surface area is 141 Å². The fraction of sp³-hybridized carbons (Fsp3) is 0.500. The van der Waals surface area contributed by atoms with Crippen molar-refractivity contribution in [1.29, 1.82) is 0 Å². The highest BCUT2D eigenvalue weighted by atomic mass is 16.2. The van der Waals surface area contributed by atoms with E-state index in [9.17, 15) is 4.79 Å². The van der Waals surface area contributed by atoms with Crippen molar-refractivity contribution in [2.75, 3.05) is 27.2 Å². The maximum atomic E-state index is 12.3. The molecule has 3 rings (SSSR count). The van der Waals surface area contributed by atoms with E-state index in [1.165, 1.54) is 0 Å². The lowest BCUT2D eigenvalue weighted by molar-refractivity contribution is 0.140. The summed E-state index contributed by atoms with van der Waals surface area (Å²) in [6.07, 6.45) is 3.86. The number of piperidine rings is 1. The summed E-state index contributed by atoms with van der Waals surface area (Å²) in [5, 5.41) is 9.87. The number of aromatic amines is 1. The number of likely N-dealkylation sites (N-methyl/N-ethyl adjacent to an activating group) is 2. The smallest absolute Gasteiger partial charge is 0.317 e. The SMILES string of the molecule is CN1CCCC(N(C)C(=O)NCc2nc(-c3ccccn3)n[nH]2)C1. The van der Waals surface area contributed by atoms with Crippen molar-refractivity contribution in [1.82, 2.24) is 35.3 Å². The number of nitrogens with one attached hydrogen (secondary N) is 2. The molecular weight excluding hydrogens is 306 g/mol. The molecule has 1 saturated heterocycles. The highest BCUT2D eigenvalue weighted by Gasteiger charge is 2.24. The largest absolute Gasteiger partial charge is 0.331 e. The third kappa shape index (κ3) is 3.88. The summed E-state index contributed by atoms with van der Waals surface area (Å²) in [6, 6.07) is 5.74. The number of carbonyl (C=O) groups is 1. The molecule has 3 heterocycles. The van der Waals surface area contributed by atoms with E-state index in [1.54, 1.807) is 11.1 Å². The Balaban J connectivity index is 1.54. The molecule has 2 N–H and O–H groups in total. The molecule has 0 spiro atoms. The zero-order chi connectivity index (χ0) is 16.9. The van der Waals surface area contributed by atoms with Crippen LogP contribution >= 0.6 is 0 Å². The van der Waals surface area contributed by atoms with E-state index in [4.69, 9.17) is 0 Å². The molecule has 2 aromatic rings. The summed E-state index contributed by atoms with van der Waals surface area (Å²) >= 11 is 0. The lowest BCUT2D eigenvalue weighted by atomic mass is 10.1. The Morgan fingerprint density at radius 1 is 1.50 bits per heavy atom. The second-order valence-corrected chi connectivity index (χ2v) is 6.15. The predicted molar refractivity (Wildman–Crippen MR) is 90.1 cm³/mol. The molecule has 0 aliphatic carbocycles. The van der Waals surface area contributed by atoms with Gasteiger partial charge in [-0.2, -0.15) is 5.10 Å². The molecular formula is C16H23N7O. The van der Waals surface area contributed by atoms with Crippen LogP contribution in [0.25, 0.3) is 11.5 Å². The summed E-state index contributed by atoms with van der Waals surface area (Å²) in [4.78, 5) is 24.9. The molecule has 1 aliphatic heterocycles. The van der Waals surface area contributed by atoms with E-state index in [-0.39, 0.29) is 12.1 Å². The van der Waals surface area contributed by atoms with Gasteiger partial charge in [0.2, 0.25) is 0 Å². The van der Waals surface area contributed by atoms with Crippen LogP contribution in [0.3, 0.4) is 0 Å². The Morgan fingerprint density at radius 3 is 3.12 bits per heavy atom. The average Bonchev–Trinajstić information content (AvgIpc) is 3.09. The number of urea groups is 1. The zero-order valence-corrected chi connectivity index (χ0v) is 14.1. The number of H-pyrrole nitrogens is 1. The number of amides is 2. The first kappa shape index (κ1) is 16.4. The Hall–Kier alpha value is -2.48. The van der Waals surface area contributed by atoms with Gasteiger partial charge >= 0.3 is 6.03 Å². The molecule has 2 aromatic heterocycles. The highest BCUT2D eigenvalue weighted by Crippen LogP contribution is 2.13. The van der Waals surface area contributed by atoms with E-state index in [0.29, 0.717) is 23.9 Å². The van der Waals surface area contributed by atoms with Crippen LogP contribution in [0.4, 0.5) is 4.79 Å². The van der Waals surface area contributed by atoms with E-state index in [1.807, 2.05) is 25.2 Å². The van der Waals surface area contributed by atoms with Crippen LogP contribution in [-0.2, 0) is 6.54 Å². The van der Waals surface area contributed by atoms with Crippen molar-refractivity contribution in [2.24, 2.45) is 0 Å². The van der Waals surface area contributed by atoms with Crippen molar-refractivity contribution in [3.8, 4) is 11.5 Å². The molecule has 128 valence electrons. The lowest BCUT2D eigenvalue weighted by Gasteiger charge is -2.35.